The van der Waals surface area contributed by atoms with E-state index in [0.717, 1.165) is 4.90 Å². The van der Waals surface area contributed by atoms with E-state index < -0.39 is 34.9 Å². The molecule has 4 aromatic rings. The lowest BCUT2D eigenvalue weighted by atomic mass is 9.69. The highest BCUT2D eigenvalue weighted by Gasteiger charge is 2.59. The Morgan fingerprint density at radius 3 is 2.70 bits per heavy atom. The van der Waals surface area contributed by atoms with Crippen LogP contribution < -0.4 is 15.8 Å². The minimum absolute atomic E-state index is 0.0922. The van der Waals surface area contributed by atoms with Gasteiger partial charge in [-0.05, 0) is 42.5 Å². The number of anilines is 2. The van der Waals surface area contributed by atoms with E-state index >= 15 is 0 Å². The van der Waals surface area contributed by atoms with Crippen LogP contribution in [0, 0.1) is 17.2 Å². The van der Waals surface area contributed by atoms with Gasteiger partial charge in [-0.2, -0.15) is 0 Å². The molecule has 1 fully saturated rings. The van der Waals surface area contributed by atoms with Gasteiger partial charge in [0.15, 0.2) is 0 Å². The van der Waals surface area contributed by atoms with Crippen molar-refractivity contribution in [1.29, 1.82) is 0 Å². The molecule has 2 aromatic heterocycles. The molecule has 0 radical (unpaired) electrons. The number of halogens is 1. The number of nitrogens with one attached hydrogen (secondary N) is 1. The maximum absolute atomic E-state index is 13.7. The number of benzene rings is 2. The van der Waals surface area contributed by atoms with Crippen LogP contribution in [0.4, 0.5) is 20.8 Å². The second-order valence-electron chi connectivity index (χ2n) is 10.7. The van der Waals surface area contributed by atoms with Crippen molar-refractivity contribution in [2.75, 3.05) is 11.9 Å². The Morgan fingerprint density at radius 1 is 1.25 bits per heavy atom. The van der Waals surface area contributed by atoms with Gasteiger partial charge in [0, 0.05) is 47.4 Å². The summed E-state index contributed by atoms with van der Waals surface area (Å²) in [6, 6.07) is 9.32. The van der Waals surface area contributed by atoms with Crippen molar-refractivity contribution in [3.63, 3.8) is 0 Å². The third kappa shape index (κ3) is 5.02. The molecule has 2 aromatic carbocycles. The van der Waals surface area contributed by atoms with Gasteiger partial charge in [0.05, 0.1) is 11.1 Å². The Hall–Kier alpha value is -4.32. The largest absolute Gasteiger partial charge is 0.465 e. The quantitative estimate of drug-likeness (QED) is 0.273. The van der Waals surface area contributed by atoms with E-state index in [1.54, 1.807) is 42.0 Å². The van der Waals surface area contributed by atoms with Crippen LogP contribution in [0.1, 0.15) is 33.6 Å². The molecule has 3 heterocycles. The average Bonchev–Trinajstić information content (AvgIpc) is 3.42. The highest BCUT2D eigenvalue weighted by Crippen LogP contribution is 2.47. The number of nitrogens with zero attached hydrogens (tertiary/aromatic N) is 4. The number of fused-ring (bicyclic) bond motifs is 1. The van der Waals surface area contributed by atoms with Crippen molar-refractivity contribution in [2.45, 2.75) is 39.3 Å². The molecule has 5 rings (SSSR count). The Bertz CT molecular complexity index is 1580. The SMILES string of the molecule is CC(C)(C)C1CCCN(C(=O)O)[C@]1(Oc1cc2nc(Nc3cccc(F)c3)ncc2cc1-c1nccs1)C(N)=O. The van der Waals surface area contributed by atoms with E-state index in [1.807, 2.05) is 20.8 Å². The summed E-state index contributed by atoms with van der Waals surface area (Å²) in [7, 11) is 0. The van der Waals surface area contributed by atoms with Gasteiger partial charge in [-0.3, -0.25) is 9.69 Å². The van der Waals surface area contributed by atoms with Gasteiger partial charge < -0.3 is 20.9 Å². The van der Waals surface area contributed by atoms with Crippen molar-refractivity contribution in [2.24, 2.45) is 17.1 Å². The zero-order valence-electron chi connectivity index (χ0n) is 22.2. The fraction of sp³-hybridized carbons (Fsp3) is 0.321. The zero-order valence-corrected chi connectivity index (χ0v) is 23.0. The van der Waals surface area contributed by atoms with Crippen LogP contribution in [0.5, 0.6) is 5.75 Å². The molecule has 0 aliphatic carbocycles. The zero-order chi connectivity index (χ0) is 28.7. The number of likely N-dealkylation sites (tertiary alicyclic amines) is 1. The summed E-state index contributed by atoms with van der Waals surface area (Å²) in [5, 5.41) is 16.2. The summed E-state index contributed by atoms with van der Waals surface area (Å²) in [6.07, 6.45) is 3.05. The lowest BCUT2D eigenvalue weighted by molar-refractivity contribution is -0.180. The lowest BCUT2D eigenvalue weighted by Gasteiger charge is -2.52. The number of carbonyl (C=O) groups excluding carboxylic acids is 1. The number of piperidine rings is 1. The van der Waals surface area contributed by atoms with Gasteiger partial charge in [0.1, 0.15) is 16.6 Å². The van der Waals surface area contributed by atoms with Crippen LogP contribution in [-0.2, 0) is 4.79 Å². The number of amides is 2. The van der Waals surface area contributed by atoms with Crippen molar-refractivity contribution < 1.29 is 23.8 Å². The van der Waals surface area contributed by atoms with Gasteiger partial charge in [-0.1, -0.05) is 26.8 Å². The van der Waals surface area contributed by atoms with E-state index in [1.165, 1.54) is 23.5 Å². The standard InChI is InChI=1S/C28H29FN6O4S/c1-27(2,3)22-8-5-10-35(26(37)38)28(22,24(30)36)39-21-14-20-16(12-19(21)23-31-9-11-40-23)15-32-25(34-20)33-18-7-4-6-17(29)13-18/h4,6-7,9,11-15,22H,5,8,10H2,1-3H3,(H2,30,36)(H,37,38)(H,32,33,34)/t22?,28-/m1/s1. The van der Waals surface area contributed by atoms with E-state index in [2.05, 4.69) is 20.3 Å². The van der Waals surface area contributed by atoms with Crippen molar-refractivity contribution in [1.82, 2.24) is 19.9 Å². The summed E-state index contributed by atoms with van der Waals surface area (Å²) >= 11 is 1.36. The highest BCUT2D eigenvalue weighted by atomic mass is 32.1. The first-order valence-corrected chi connectivity index (χ1v) is 13.6. The maximum atomic E-state index is 13.7. The van der Waals surface area contributed by atoms with E-state index in [0.29, 0.717) is 40.0 Å². The first kappa shape index (κ1) is 27.3. The molecule has 1 saturated heterocycles. The normalized spacial score (nSPS) is 19.4. The number of hydrogen-bond donors (Lipinski definition) is 3. The summed E-state index contributed by atoms with van der Waals surface area (Å²) in [5.41, 5.74) is 4.99. The number of ether oxygens (including phenoxy) is 1. The Morgan fingerprint density at radius 2 is 2.05 bits per heavy atom. The van der Waals surface area contributed by atoms with E-state index in [4.69, 9.17) is 10.5 Å². The number of thiazole rings is 1. The van der Waals surface area contributed by atoms with Gasteiger partial charge in [0.2, 0.25) is 5.95 Å². The molecule has 4 N–H and O–H groups in total. The number of hydrogen-bond acceptors (Lipinski definition) is 8. The molecular formula is C28H29FN6O4S. The Balaban J connectivity index is 1.67. The smallest absolute Gasteiger partial charge is 0.410 e. The average molecular weight is 565 g/mol. The number of carbonyl (C=O) groups is 2. The molecule has 208 valence electrons. The van der Waals surface area contributed by atoms with Crippen molar-refractivity contribution in [3.8, 4) is 16.3 Å². The molecule has 0 saturated carbocycles. The molecule has 1 unspecified atom stereocenters. The predicted molar refractivity (Wildman–Crippen MR) is 150 cm³/mol. The minimum atomic E-state index is -1.97. The molecule has 0 bridgehead atoms. The number of nitrogens with two attached hydrogens (primary N) is 1. The van der Waals surface area contributed by atoms with Gasteiger partial charge in [0.25, 0.3) is 11.6 Å². The highest BCUT2D eigenvalue weighted by molar-refractivity contribution is 7.13. The van der Waals surface area contributed by atoms with Crippen molar-refractivity contribution in [3.05, 3.63) is 60.0 Å². The van der Waals surface area contributed by atoms with Crippen LogP contribution in [0.15, 0.2) is 54.2 Å². The predicted octanol–water partition coefficient (Wildman–Crippen LogP) is 5.63. The maximum Gasteiger partial charge on any atom is 0.410 e. The first-order chi connectivity index (χ1) is 19.0. The number of aromatic nitrogens is 3. The molecule has 40 heavy (non-hydrogen) atoms. The molecule has 10 nitrogen and oxygen atoms in total. The minimum Gasteiger partial charge on any atom is -0.465 e. The fourth-order valence-corrected chi connectivity index (χ4v) is 5.99. The molecule has 12 heteroatoms. The number of primary amides is 1. The third-order valence-corrected chi connectivity index (χ3v) is 7.87. The molecule has 1 aliphatic rings. The van der Waals surface area contributed by atoms with Gasteiger partial charge in [-0.15, -0.1) is 11.3 Å². The summed E-state index contributed by atoms with van der Waals surface area (Å²) < 4.78 is 20.3. The van der Waals surface area contributed by atoms with E-state index in [-0.39, 0.29) is 18.2 Å². The molecule has 2 amide bonds. The lowest BCUT2D eigenvalue weighted by Crippen LogP contribution is -2.71. The summed E-state index contributed by atoms with van der Waals surface area (Å²) in [5.74, 6) is -1.42. The first-order valence-electron chi connectivity index (χ1n) is 12.7. The Kier molecular flexibility index (Phi) is 7.05. The fourth-order valence-electron chi connectivity index (χ4n) is 5.33. The molecule has 0 spiro atoms. The van der Waals surface area contributed by atoms with Crippen LogP contribution in [-0.4, -0.2) is 49.2 Å². The topological polar surface area (TPSA) is 144 Å². The molecule has 2 atom stereocenters. The van der Waals surface area contributed by atoms with E-state index in [9.17, 15) is 19.1 Å². The Labute approximate surface area is 234 Å². The molecule has 1 aliphatic heterocycles. The van der Waals surface area contributed by atoms with Crippen molar-refractivity contribution >= 4 is 45.9 Å². The van der Waals surface area contributed by atoms with Crippen LogP contribution >= 0.6 is 11.3 Å². The van der Waals surface area contributed by atoms with Crippen LogP contribution in [0.25, 0.3) is 21.5 Å². The second-order valence-corrected chi connectivity index (χ2v) is 11.6. The molecular weight excluding hydrogens is 535 g/mol. The van der Waals surface area contributed by atoms with Gasteiger partial charge >= 0.3 is 6.09 Å². The second kappa shape index (κ2) is 10.3. The van der Waals surface area contributed by atoms with Crippen LogP contribution in [0.2, 0.25) is 0 Å². The number of rotatable bonds is 6. The third-order valence-electron chi connectivity index (χ3n) is 7.07. The van der Waals surface area contributed by atoms with Gasteiger partial charge in [-0.25, -0.2) is 24.1 Å². The summed E-state index contributed by atoms with van der Waals surface area (Å²) in [6.45, 7) is 5.90. The monoisotopic (exact) mass is 564 g/mol. The van der Waals surface area contributed by atoms with Crippen LogP contribution in [0.3, 0.4) is 0 Å². The summed E-state index contributed by atoms with van der Waals surface area (Å²) in [4.78, 5) is 40.2. The number of carboxylic acid groups (broad SMARTS) is 1.